The van der Waals surface area contributed by atoms with Crippen molar-refractivity contribution in [2.75, 3.05) is 25.2 Å². The third kappa shape index (κ3) is 4.78. The zero-order valence-electron chi connectivity index (χ0n) is 11.4. The molecule has 0 fully saturated rings. The summed E-state index contributed by atoms with van der Waals surface area (Å²) >= 11 is 0. The third-order valence-corrected chi connectivity index (χ3v) is 4.18. The predicted octanol–water partition coefficient (Wildman–Crippen LogP) is 2.50. The topological polar surface area (TPSA) is 38.3 Å². The first-order chi connectivity index (χ1) is 8.71. The van der Waals surface area contributed by atoms with Crippen molar-refractivity contribution >= 4 is 10.8 Å². The minimum atomic E-state index is -0.762. The molecular weight excluding hydrogens is 246 g/mol. The van der Waals surface area contributed by atoms with Crippen LogP contribution >= 0.6 is 0 Å². The fourth-order valence-electron chi connectivity index (χ4n) is 1.73. The first kappa shape index (κ1) is 15.2. The van der Waals surface area contributed by atoms with Crippen LogP contribution in [0.5, 0.6) is 5.75 Å². The Hall–Kier alpha value is -0.870. The van der Waals surface area contributed by atoms with Gasteiger partial charge in [-0.05, 0) is 30.7 Å². The molecule has 0 heterocycles. The quantitative estimate of drug-likeness (QED) is 0.788. The van der Waals surface area contributed by atoms with E-state index >= 15 is 0 Å². The van der Waals surface area contributed by atoms with Gasteiger partial charge in [0, 0.05) is 28.3 Å². The van der Waals surface area contributed by atoms with Crippen LogP contribution in [-0.2, 0) is 10.8 Å². The molecule has 0 amide bonds. The van der Waals surface area contributed by atoms with Gasteiger partial charge >= 0.3 is 0 Å². The molecule has 18 heavy (non-hydrogen) atoms. The van der Waals surface area contributed by atoms with Gasteiger partial charge in [-0.15, -0.1) is 0 Å². The molecule has 4 heteroatoms. The lowest BCUT2D eigenvalue weighted by Crippen LogP contribution is -2.27. The molecule has 0 saturated heterocycles. The number of nitrogens with one attached hydrogen (secondary N) is 1. The van der Waals surface area contributed by atoms with Gasteiger partial charge in [0.05, 0.1) is 7.11 Å². The molecule has 102 valence electrons. The van der Waals surface area contributed by atoms with Crippen LogP contribution in [0, 0.1) is 0 Å². The van der Waals surface area contributed by atoms with Crippen LogP contribution in [0.3, 0.4) is 0 Å². The van der Waals surface area contributed by atoms with Gasteiger partial charge in [-0.1, -0.05) is 26.0 Å². The molecule has 0 radical (unpaired) electrons. The van der Waals surface area contributed by atoms with Gasteiger partial charge < -0.3 is 10.1 Å². The van der Waals surface area contributed by atoms with E-state index in [-0.39, 0.29) is 6.04 Å². The van der Waals surface area contributed by atoms with E-state index < -0.39 is 10.8 Å². The summed E-state index contributed by atoms with van der Waals surface area (Å²) in [7, 11) is 0.899. The highest BCUT2D eigenvalue weighted by molar-refractivity contribution is 7.84. The number of methoxy groups -OCH3 is 1. The second-order valence-electron chi connectivity index (χ2n) is 4.18. The maximum atomic E-state index is 11.7. The van der Waals surface area contributed by atoms with Crippen molar-refractivity contribution in [2.24, 2.45) is 0 Å². The SMILES string of the molecule is CCCNC(CS(=O)CC)c1ccc(OC)cc1. The molecule has 1 N–H and O–H groups in total. The van der Waals surface area contributed by atoms with Crippen LogP contribution in [0.15, 0.2) is 24.3 Å². The Balaban J connectivity index is 2.75. The van der Waals surface area contributed by atoms with E-state index in [2.05, 4.69) is 12.2 Å². The first-order valence-corrected chi connectivity index (χ1v) is 7.92. The molecular formula is C14H23NO2S. The molecule has 2 atom stereocenters. The van der Waals surface area contributed by atoms with Crippen molar-refractivity contribution in [3.8, 4) is 5.75 Å². The normalized spacial score (nSPS) is 14.2. The van der Waals surface area contributed by atoms with Crippen molar-refractivity contribution in [2.45, 2.75) is 26.3 Å². The van der Waals surface area contributed by atoms with Gasteiger partial charge in [-0.2, -0.15) is 0 Å². The van der Waals surface area contributed by atoms with Crippen molar-refractivity contribution in [3.05, 3.63) is 29.8 Å². The monoisotopic (exact) mass is 269 g/mol. The zero-order valence-corrected chi connectivity index (χ0v) is 12.3. The van der Waals surface area contributed by atoms with Crippen molar-refractivity contribution in [1.29, 1.82) is 0 Å². The molecule has 2 unspecified atom stereocenters. The summed E-state index contributed by atoms with van der Waals surface area (Å²) in [6, 6.07) is 8.14. The zero-order chi connectivity index (χ0) is 13.4. The van der Waals surface area contributed by atoms with E-state index in [4.69, 9.17) is 4.74 Å². The van der Waals surface area contributed by atoms with Crippen LogP contribution in [0.4, 0.5) is 0 Å². The van der Waals surface area contributed by atoms with Gasteiger partial charge in [0.25, 0.3) is 0 Å². The van der Waals surface area contributed by atoms with Crippen LogP contribution in [-0.4, -0.2) is 29.4 Å². The minimum absolute atomic E-state index is 0.164. The summed E-state index contributed by atoms with van der Waals surface area (Å²) in [5.41, 5.74) is 1.17. The lowest BCUT2D eigenvalue weighted by atomic mass is 10.1. The molecule has 3 nitrogen and oxygen atoms in total. The highest BCUT2D eigenvalue weighted by Crippen LogP contribution is 2.18. The number of hydrogen-bond donors (Lipinski definition) is 1. The smallest absolute Gasteiger partial charge is 0.118 e. The Bertz CT molecular complexity index is 365. The Morgan fingerprint density at radius 3 is 2.44 bits per heavy atom. The van der Waals surface area contributed by atoms with E-state index in [0.29, 0.717) is 11.5 Å². The van der Waals surface area contributed by atoms with Crippen molar-refractivity contribution in [1.82, 2.24) is 5.32 Å². The fourth-order valence-corrected chi connectivity index (χ4v) is 2.65. The molecule has 0 bridgehead atoms. The van der Waals surface area contributed by atoms with Gasteiger partial charge in [-0.3, -0.25) is 4.21 Å². The van der Waals surface area contributed by atoms with Crippen molar-refractivity contribution in [3.63, 3.8) is 0 Å². The van der Waals surface area contributed by atoms with Crippen LogP contribution < -0.4 is 10.1 Å². The lowest BCUT2D eigenvalue weighted by molar-refractivity contribution is 0.414. The molecule has 0 aliphatic heterocycles. The standard InChI is InChI=1S/C14H23NO2S/c1-4-10-15-14(11-18(16)5-2)12-6-8-13(17-3)9-7-12/h6-9,14-15H,4-5,10-11H2,1-3H3. The summed E-state index contributed by atoms with van der Waals surface area (Å²) < 4.78 is 16.9. The lowest BCUT2D eigenvalue weighted by Gasteiger charge is -2.18. The average Bonchev–Trinajstić information content (AvgIpc) is 2.43. The number of rotatable bonds is 8. The van der Waals surface area contributed by atoms with Crippen LogP contribution in [0.1, 0.15) is 31.9 Å². The maximum Gasteiger partial charge on any atom is 0.118 e. The molecule has 0 spiro atoms. The Labute approximate surface area is 112 Å². The van der Waals surface area contributed by atoms with E-state index in [1.54, 1.807) is 7.11 Å². The van der Waals surface area contributed by atoms with E-state index in [0.717, 1.165) is 18.7 Å². The number of hydrogen-bond acceptors (Lipinski definition) is 3. The Morgan fingerprint density at radius 1 is 1.28 bits per heavy atom. The molecule has 0 aliphatic rings. The third-order valence-electron chi connectivity index (χ3n) is 2.83. The second-order valence-corrected chi connectivity index (χ2v) is 5.97. The molecule has 1 rings (SSSR count). The molecule has 1 aromatic rings. The van der Waals surface area contributed by atoms with Crippen LogP contribution in [0.25, 0.3) is 0 Å². The minimum Gasteiger partial charge on any atom is -0.497 e. The first-order valence-electron chi connectivity index (χ1n) is 6.43. The summed E-state index contributed by atoms with van der Waals surface area (Å²) in [5.74, 6) is 2.23. The van der Waals surface area contributed by atoms with E-state index in [1.807, 2.05) is 31.2 Å². The predicted molar refractivity (Wildman–Crippen MR) is 77.6 cm³/mol. The molecule has 1 aromatic carbocycles. The fraction of sp³-hybridized carbons (Fsp3) is 0.571. The van der Waals surface area contributed by atoms with Crippen molar-refractivity contribution < 1.29 is 8.95 Å². The number of ether oxygens (including phenoxy) is 1. The van der Waals surface area contributed by atoms with Gasteiger partial charge in [-0.25, -0.2) is 0 Å². The van der Waals surface area contributed by atoms with Gasteiger partial charge in [0.1, 0.15) is 5.75 Å². The van der Waals surface area contributed by atoms with E-state index in [1.165, 1.54) is 5.56 Å². The van der Waals surface area contributed by atoms with Gasteiger partial charge in [0.15, 0.2) is 0 Å². The van der Waals surface area contributed by atoms with E-state index in [9.17, 15) is 4.21 Å². The Morgan fingerprint density at radius 2 is 1.94 bits per heavy atom. The highest BCUT2D eigenvalue weighted by atomic mass is 32.2. The maximum absolute atomic E-state index is 11.7. The summed E-state index contributed by atoms with van der Waals surface area (Å²) in [6.07, 6.45) is 1.07. The molecule has 0 saturated carbocycles. The highest BCUT2D eigenvalue weighted by Gasteiger charge is 2.13. The molecule has 0 aromatic heterocycles. The Kier molecular flexibility index (Phi) is 6.98. The number of benzene rings is 1. The second kappa shape index (κ2) is 8.27. The summed E-state index contributed by atoms with van der Waals surface area (Å²) in [4.78, 5) is 0. The van der Waals surface area contributed by atoms with Crippen LogP contribution in [0.2, 0.25) is 0 Å². The van der Waals surface area contributed by atoms with Gasteiger partial charge in [0.2, 0.25) is 0 Å². The molecule has 0 aliphatic carbocycles. The largest absolute Gasteiger partial charge is 0.497 e. The average molecular weight is 269 g/mol. The summed E-state index contributed by atoms with van der Waals surface area (Å²) in [5, 5.41) is 3.45. The summed E-state index contributed by atoms with van der Waals surface area (Å²) in [6.45, 7) is 5.04.